The summed E-state index contributed by atoms with van der Waals surface area (Å²) >= 11 is 3.30. The Bertz CT molecular complexity index is 461. The van der Waals surface area contributed by atoms with Crippen molar-refractivity contribution in [2.45, 2.75) is 26.3 Å². The standard InChI is InChI=1S/C15H19BrFNO2/c1-2-20-15(19)12-4-3-5-18(10-12)9-11-6-13(16)8-14(17)7-11/h6-8,12H,2-5,9-10H2,1H3/t12-/m0/s1. The van der Waals surface area contributed by atoms with Crippen LogP contribution in [-0.2, 0) is 16.1 Å². The molecule has 0 aliphatic carbocycles. The van der Waals surface area contributed by atoms with Gasteiger partial charge >= 0.3 is 5.97 Å². The minimum atomic E-state index is -0.242. The van der Waals surface area contributed by atoms with Crippen molar-refractivity contribution in [1.29, 1.82) is 0 Å². The molecule has 1 saturated heterocycles. The maximum atomic E-state index is 13.4. The molecule has 0 amide bonds. The van der Waals surface area contributed by atoms with Gasteiger partial charge < -0.3 is 4.74 Å². The number of piperidine rings is 1. The number of nitrogens with zero attached hydrogens (tertiary/aromatic N) is 1. The number of rotatable bonds is 4. The summed E-state index contributed by atoms with van der Waals surface area (Å²) in [5.74, 6) is -0.411. The second-order valence-corrected chi connectivity index (χ2v) is 6.02. The first-order valence-corrected chi connectivity index (χ1v) is 7.71. The highest BCUT2D eigenvalue weighted by atomic mass is 79.9. The lowest BCUT2D eigenvalue weighted by Gasteiger charge is -2.31. The molecule has 0 unspecified atom stereocenters. The van der Waals surface area contributed by atoms with Crippen molar-refractivity contribution in [2.24, 2.45) is 5.92 Å². The number of hydrogen-bond donors (Lipinski definition) is 0. The Morgan fingerprint density at radius 1 is 1.50 bits per heavy atom. The maximum absolute atomic E-state index is 13.4. The number of carbonyl (C=O) groups is 1. The molecule has 2 rings (SSSR count). The minimum Gasteiger partial charge on any atom is -0.466 e. The lowest BCUT2D eigenvalue weighted by molar-refractivity contribution is -0.150. The quantitative estimate of drug-likeness (QED) is 0.785. The topological polar surface area (TPSA) is 29.5 Å². The molecule has 0 aromatic heterocycles. The highest BCUT2D eigenvalue weighted by Gasteiger charge is 2.26. The molecule has 110 valence electrons. The van der Waals surface area contributed by atoms with Gasteiger partial charge in [0.1, 0.15) is 5.82 Å². The van der Waals surface area contributed by atoms with E-state index in [-0.39, 0.29) is 17.7 Å². The second kappa shape index (κ2) is 7.18. The lowest BCUT2D eigenvalue weighted by atomic mass is 9.98. The van der Waals surface area contributed by atoms with Gasteiger partial charge in [-0.3, -0.25) is 9.69 Å². The van der Waals surface area contributed by atoms with Crippen molar-refractivity contribution < 1.29 is 13.9 Å². The molecule has 0 bridgehead atoms. The van der Waals surface area contributed by atoms with Crippen molar-refractivity contribution >= 4 is 21.9 Å². The Morgan fingerprint density at radius 3 is 3.00 bits per heavy atom. The van der Waals surface area contributed by atoms with Gasteiger partial charge in [0.15, 0.2) is 0 Å². The van der Waals surface area contributed by atoms with Crippen molar-refractivity contribution in [3.63, 3.8) is 0 Å². The summed E-state index contributed by atoms with van der Waals surface area (Å²) in [6.45, 7) is 4.53. The number of halogens is 2. The largest absolute Gasteiger partial charge is 0.466 e. The van der Waals surface area contributed by atoms with Gasteiger partial charge in [-0.05, 0) is 50.1 Å². The van der Waals surface area contributed by atoms with Gasteiger partial charge in [-0.1, -0.05) is 15.9 Å². The fourth-order valence-corrected chi connectivity index (χ4v) is 3.12. The van der Waals surface area contributed by atoms with Crippen molar-refractivity contribution in [2.75, 3.05) is 19.7 Å². The van der Waals surface area contributed by atoms with E-state index in [1.807, 2.05) is 13.0 Å². The summed E-state index contributed by atoms with van der Waals surface area (Å²) in [4.78, 5) is 14.0. The SMILES string of the molecule is CCOC(=O)[C@H]1CCCN(Cc2cc(F)cc(Br)c2)C1. The van der Waals surface area contributed by atoms with Gasteiger partial charge in [0.05, 0.1) is 12.5 Å². The third-order valence-corrected chi connectivity index (χ3v) is 3.91. The predicted octanol–water partition coefficient (Wildman–Crippen LogP) is 3.36. The van der Waals surface area contributed by atoms with Crippen LogP contribution in [0.15, 0.2) is 22.7 Å². The molecule has 1 aromatic carbocycles. The summed E-state index contributed by atoms with van der Waals surface area (Å²) in [5, 5.41) is 0. The molecule has 0 N–H and O–H groups in total. The summed E-state index contributed by atoms with van der Waals surface area (Å²) in [6, 6.07) is 4.90. The highest BCUT2D eigenvalue weighted by Crippen LogP contribution is 2.21. The molecule has 1 atom stereocenters. The van der Waals surface area contributed by atoms with E-state index in [0.717, 1.165) is 29.4 Å². The molecule has 5 heteroatoms. The first-order valence-electron chi connectivity index (χ1n) is 6.92. The zero-order chi connectivity index (χ0) is 14.5. The second-order valence-electron chi connectivity index (χ2n) is 5.10. The summed E-state index contributed by atoms with van der Waals surface area (Å²) in [7, 11) is 0. The zero-order valence-corrected chi connectivity index (χ0v) is 13.2. The van der Waals surface area contributed by atoms with E-state index >= 15 is 0 Å². The van der Waals surface area contributed by atoms with Crippen LogP contribution in [0.4, 0.5) is 4.39 Å². The van der Waals surface area contributed by atoms with E-state index in [4.69, 9.17) is 4.74 Å². The Labute approximate surface area is 127 Å². The molecule has 0 saturated carbocycles. The first-order chi connectivity index (χ1) is 9.58. The number of likely N-dealkylation sites (tertiary alicyclic amines) is 1. The van der Waals surface area contributed by atoms with E-state index in [1.165, 1.54) is 6.07 Å². The smallest absolute Gasteiger partial charge is 0.310 e. The summed E-state index contributed by atoms with van der Waals surface area (Å²) < 4.78 is 19.2. The maximum Gasteiger partial charge on any atom is 0.310 e. The minimum absolute atomic E-state index is 0.0549. The monoisotopic (exact) mass is 343 g/mol. The molecule has 3 nitrogen and oxygen atoms in total. The van der Waals surface area contributed by atoms with Gasteiger partial charge in [-0.2, -0.15) is 0 Å². The van der Waals surface area contributed by atoms with Crippen LogP contribution < -0.4 is 0 Å². The van der Waals surface area contributed by atoms with Crippen LogP contribution in [0.1, 0.15) is 25.3 Å². The third kappa shape index (κ3) is 4.28. The van der Waals surface area contributed by atoms with E-state index < -0.39 is 0 Å². The average Bonchev–Trinajstić information content (AvgIpc) is 2.38. The van der Waals surface area contributed by atoms with Gasteiger partial charge in [0.25, 0.3) is 0 Å². The molecule has 1 aromatic rings. The van der Waals surface area contributed by atoms with Gasteiger partial charge in [0.2, 0.25) is 0 Å². The van der Waals surface area contributed by atoms with Crippen LogP contribution in [-0.4, -0.2) is 30.6 Å². The Balaban J connectivity index is 1.97. The predicted molar refractivity (Wildman–Crippen MR) is 78.7 cm³/mol. The number of carbonyl (C=O) groups excluding carboxylic acids is 1. The first kappa shape index (κ1) is 15.4. The van der Waals surface area contributed by atoms with E-state index in [0.29, 0.717) is 19.7 Å². The molecule has 0 spiro atoms. The average molecular weight is 344 g/mol. The number of hydrogen-bond acceptors (Lipinski definition) is 3. The molecule has 1 aliphatic heterocycles. The van der Waals surface area contributed by atoms with Crippen LogP contribution >= 0.6 is 15.9 Å². The fraction of sp³-hybridized carbons (Fsp3) is 0.533. The van der Waals surface area contributed by atoms with Gasteiger partial charge in [-0.25, -0.2) is 4.39 Å². The molecule has 1 fully saturated rings. The molecule has 20 heavy (non-hydrogen) atoms. The normalized spacial score (nSPS) is 19.9. The Kier molecular flexibility index (Phi) is 5.54. The lowest BCUT2D eigenvalue weighted by Crippen LogP contribution is -2.38. The van der Waals surface area contributed by atoms with E-state index in [1.54, 1.807) is 6.07 Å². The van der Waals surface area contributed by atoms with Crippen molar-refractivity contribution in [3.8, 4) is 0 Å². The number of esters is 1. The Hall–Kier alpha value is -0.940. The number of benzene rings is 1. The molecular formula is C15H19BrFNO2. The fourth-order valence-electron chi connectivity index (χ4n) is 2.61. The molecular weight excluding hydrogens is 325 g/mol. The number of ether oxygens (including phenoxy) is 1. The van der Waals surface area contributed by atoms with Crippen LogP contribution in [0.2, 0.25) is 0 Å². The summed E-state index contributed by atoms with van der Waals surface area (Å²) in [5.41, 5.74) is 0.918. The van der Waals surface area contributed by atoms with E-state index in [2.05, 4.69) is 20.8 Å². The van der Waals surface area contributed by atoms with Crippen LogP contribution in [0, 0.1) is 11.7 Å². The van der Waals surface area contributed by atoms with Gasteiger partial charge in [-0.15, -0.1) is 0 Å². The van der Waals surface area contributed by atoms with Gasteiger partial charge in [0, 0.05) is 17.6 Å². The molecule has 1 aliphatic rings. The van der Waals surface area contributed by atoms with Crippen LogP contribution in [0.25, 0.3) is 0 Å². The molecule has 1 heterocycles. The molecule has 0 radical (unpaired) electrons. The van der Waals surface area contributed by atoms with Crippen LogP contribution in [0.3, 0.4) is 0 Å². The Morgan fingerprint density at radius 2 is 2.30 bits per heavy atom. The van der Waals surface area contributed by atoms with E-state index in [9.17, 15) is 9.18 Å². The summed E-state index contributed by atoms with van der Waals surface area (Å²) in [6.07, 6.45) is 1.85. The highest BCUT2D eigenvalue weighted by molar-refractivity contribution is 9.10. The van der Waals surface area contributed by atoms with Crippen LogP contribution in [0.5, 0.6) is 0 Å². The zero-order valence-electron chi connectivity index (χ0n) is 11.6. The van der Waals surface area contributed by atoms with Crippen molar-refractivity contribution in [3.05, 3.63) is 34.1 Å². The van der Waals surface area contributed by atoms with Crippen molar-refractivity contribution in [1.82, 2.24) is 4.90 Å². The third-order valence-electron chi connectivity index (χ3n) is 3.45.